The van der Waals surface area contributed by atoms with Crippen LogP contribution in [0.25, 0.3) is 11.2 Å². The van der Waals surface area contributed by atoms with Gasteiger partial charge in [-0.2, -0.15) is 10.3 Å². The summed E-state index contributed by atoms with van der Waals surface area (Å²) in [6, 6.07) is 5.70. The highest BCUT2D eigenvalue weighted by atomic mass is 19.1. The van der Waals surface area contributed by atoms with E-state index in [0.29, 0.717) is 34.9 Å². The van der Waals surface area contributed by atoms with Gasteiger partial charge in [-0.15, -0.1) is 5.10 Å². The lowest BCUT2D eigenvalue weighted by Gasteiger charge is -2.10. The molecule has 26 heavy (non-hydrogen) atoms. The Balaban J connectivity index is 1.50. The van der Waals surface area contributed by atoms with Crippen molar-refractivity contribution in [2.24, 2.45) is 5.92 Å². The number of rotatable bonds is 6. The van der Waals surface area contributed by atoms with Gasteiger partial charge in [0.1, 0.15) is 18.2 Å². The first-order valence-electron chi connectivity index (χ1n) is 8.26. The lowest BCUT2D eigenvalue weighted by Crippen LogP contribution is -2.25. The number of aromatic nitrogens is 4. The van der Waals surface area contributed by atoms with Crippen molar-refractivity contribution in [2.45, 2.75) is 19.4 Å². The van der Waals surface area contributed by atoms with Crippen LogP contribution in [0.4, 0.5) is 10.2 Å². The second-order valence-corrected chi connectivity index (χ2v) is 6.29. The lowest BCUT2D eigenvalue weighted by molar-refractivity contribution is 0.0951. The summed E-state index contributed by atoms with van der Waals surface area (Å²) >= 11 is 0. The first kappa shape index (κ1) is 16.2. The molecule has 1 aliphatic rings. The molecule has 2 heterocycles. The van der Waals surface area contributed by atoms with Crippen LogP contribution in [0.15, 0.2) is 24.3 Å². The third-order valence-corrected chi connectivity index (χ3v) is 4.22. The van der Waals surface area contributed by atoms with E-state index in [9.17, 15) is 9.18 Å². The van der Waals surface area contributed by atoms with Gasteiger partial charge in [-0.05, 0) is 37.0 Å². The van der Waals surface area contributed by atoms with E-state index in [1.165, 1.54) is 24.3 Å². The molecule has 8 nitrogen and oxygen atoms in total. The third-order valence-electron chi connectivity index (χ3n) is 4.22. The predicted molar refractivity (Wildman–Crippen MR) is 91.9 cm³/mol. The van der Waals surface area contributed by atoms with Crippen LogP contribution in [0.2, 0.25) is 0 Å². The summed E-state index contributed by atoms with van der Waals surface area (Å²) in [6.07, 6.45) is 2.29. The Hall–Kier alpha value is -3.23. The van der Waals surface area contributed by atoms with Crippen LogP contribution in [0.3, 0.4) is 0 Å². The van der Waals surface area contributed by atoms with Crippen molar-refractivity contribution in [2.75, 3.05) is 12.3 Å². The molecule has 2 aromatic heterocycles. The Bertz CT molecular complexity index is 969. The lowest BCUT2D eigenvalue weighted by atomic mass is 10.1. The number of benzene rings is 1. The van der Waals surface area contributed by atoms with E-state index in [4.69, 9.17) is 10.5 Å². The van der Waals surface area contributed by atoms with Crippen molar-refractivity contribution in [1.82, 2.24) is 25.7 Å². The zero-order valence-corrected chi connectivity index (χ0v) is 13.8. The number of anilines is 1. The van der Waals surface area contributed by atoms with E-state index >= 15 is 0 Å². The largest absolute Gasteiger partial charge is 0.486 e. The predicted octanol–water partition coefficient (Wildman–Crippen LogP) is 1.79. The summed E-state index contributed by atoms with van der Waals surface area (Å²) < 4.78 is 19.8. The van der Waals surface area contributed by atoms with Gasteiger partial charge in [0, 0.05) is 23.7 Å². The number of ether oxygens (including phenoxy) is 1. The summed E-state index contributed by atoms with van der Waals surface area (Å²) in [5.41, 5.74) is 7.08. The number of hydrogen-bond acceptors (Lipinski definition) is 6. The number of nitrogens with two attached hydrogens (primary N) is 1. The number of hydrogen-bond donors (Lipinski definition) is 3. The average molecular weight is 356 g/mol. The number of aromatic amines is 1. The first-order valence-corrected chi connectivity index (χ1v) is 8.26. The molecule has 1 aliphatic carbocycles. The molecule has 0 spiro atoms. The molecule has 1 amide bonds. The summed E-state index contributed by atoms with van der Waals surface area (Å²) in [5.74, 6) is 0.455. The number of pyridine rings is 1. The van der Waals surface area contributed by atoms with Gasteiger partial charge < -0.3 is 15.8 Å². The second-order valence-electron chi connectivity index (χ2n) is 6.29. The van der Waals surface area contributed by atoms with Crippen LogP contribution in [0.1, 0.15) is 28.8 Å². The highest BCUT2D eigenvalue weighted by Gasteiger charge is 2.22. The van der Waals surface area contributed by atoms with Gasteiger partial charge in [-0.3, -0.25) is 4.79 Å². The Labute approximate surface area is 147 Å². The maximum absolute atomic E-state index is 14.1. The molecule has 1 fully saturated rings. The Morgan fingerprint density at radius 1 is 1.35 bits per heavy atom. The average Bonchev–Trinajstić information content (AvgIpc) is 3.34. The Morgan fingerprint density at radius 3 is 3.00 bits per heavy atom. The fraction of sp³-hybridized carbons (Fsp3) is 0.294. The molecular formula is C17H17FN6O2. The number of nitrogens with zero attached hydrogens (tertiary/aromatic N) is 3. The van der Waals surface area contributed by atoms with Gasteiger partial charge in [0.05, 0.1) is 0 Å². The fourth-order valence-electron chi connectivity index (χ4n) is 2.58. The quantitative estimate of drug-likeness (QED) is 0.620. The summed E-state index contributed by atoms with van der Waals surface area (Å²) in [7, 11) is 0. The molecule has 0 saturated heterocycles. The minimum Gasteiger partial charge on any atom is -0.486 e. The number of nitrogen functional groups attached to an aromatic ring is 1. The SMILES string of the molecule is Nc1cc(OCc2cc(C(=O)NCC3CC3)ccc2F)c2n[nH]nc2n1. The minimum absolute atomic E-state index is 0.0823. The topological polar surface area (TPSA) is 119 Å². The zero-order chi connectivity index (χ0) is 18.1. The molecule has 0 atom stereocenters. The number of fused-ring (bicyclic) bond motifs is 1. The van der Waals surface area contributed by atoms with E-state index in [1.54, 1.807) is 0 Å². The molecule has 1 aromatic carbocycles. The molecule has 134 valence electrons. The Morgan fingerprint density at radius 2 is 2.19 bits per heavy atom. The molecule has 1 saturated carbocycles. The van der Waals surface area contributed by atoms with Gasteiger partial charge in [0.15, 0.2) is 11.3 Å². The summed E-state index contributed by atoms with van der Waals surface area (Å²) in [5, 5.41) is 13.1. The molecule has 0 bridgehead atoms. The van der Waals surface area contributed by atoms with Crippen LogP contribution in [-0.4, -0.2) is 32.8 Å². The Kier molecular flexibility index (Phi) is 4.11. The van der Waals surface area contributed by atoms with E-state index in [1.807, 2.05) is 0 Å². The van der Waals surface area contributed by atoms with Crippen molar-refractivity contribution >= 4 is 22.9 Å². The van der Waals surface area contributed by atoms with Gasteiger partial charge in [0.25, 0.3) is 5.91 Å². The molecule has 0 aliphatic heterocycles. The van der Waals surface area contributed by atoms with Crippen LogP contribution in [-0.2, 0) is 6.61 Å². The number of carbonyl (C=O) groups excluding carboxylic acids is 1. The van der Waals surface area contributed by atoms with Crippen molar-refractivity contribution in [3.05, 3.63) is 41.2 Å². The van der Waals surface area contributed by atoms with Crippen molar-refractivity contribution in [1.29, 1.82) is 0 Å². The number of carbonyl (C=O) groups is 1. The van der Waals surface area contributed by atoms with Crippen molar-refractivity contribution < 1.29 is 13.9 Å². The monoisotopic (exact) mass is 356 g/mol. The molecule has 9 heteroatoms. The highest BCUT2D eigenvalue weighted by Crippen LogP contribution is 2.28. The number of halogens is 1. The zero-order valence-electron chi connectivity index (χ0n) is 13.8. The van der Waals surface area contributed by atoms with Gasteiger partial charge in [-0.1, -0.05) is 0 Å². The van der Waals surface area contributed by atoms with Gasteiger partial charge in [0.2, 0.25) is 5.65 Å². The first-order chi connectivity index (χ1) is 12.6. The summed E-state index contributed by atoms with van der Waals surface area (Å²) in [6.45, 7) is 0.573. The maximum Gasteiger partial charge on any atom is 0.251 e. The van der Waals surface area contributed by atoms with E-state index in [0.717, 1.165) is 12.8 Å². The smallest absolute Gasteiger partial charge is 0.251 e. The van der Waals surface area contributed by atoms with Gasteiger partial charge >= 0.3 is 0 Å². The standard InChI is InChI=1S/C17H17FN6O2/c18-12-4-3-10(17(25)20-7-9-1-2-9)5-11(12)8-26-13-6-14(19)21-16-15(13)22-24-23-16/h3-6,9H,1-2,7-8H2,(H,20,25)(H3,19,21,22,23,24). The molecule has 0 radical (unpaired) electrons. The fourth-order valence-corrected chi connectivity index (χ4v) is 2.58. The molecular weight excluding hydrogens is 339 g/mol. The second kappa shape index (κ2) is 6.58. The van der Waals surface area contributed by atoms with E-state index < -0.39 is 5.82 Å². The number of amides is 1. The van der Waals surface area contributed by atoms with E-state index in [2.05, 4.69) is 25.7 Å². The number of nitrogens with one attached hydrogen (secondary N) is 2. The van der Waals surface area contributed by atoms with Crippen molar-refractivity contribution in [3.63, 3.8) is 0 Å². The normalized spacial score (nSPS) is 13.7. The molecule has 3 aromatic rings. The van der Waals surface area contributed by atoms with Crippen LogP contribution in [0.5, 0.6) is 5.75 Å². The van der Waals surface area contributed by atoms with Crippen molar-refractivity contribution in [3.8, 4) is 5.75 Å². The van der Waals surface area contributed by atoms with Crippen LogP contribution >= 0.6 is 0 Å². The van der Waals surface area contributed by atoms with Crippen LogP contribution in [0, 0.1) is 11.7 Å². The van der Waals surface area contributed by atoms with Crippen LogP contribution < -0.4 is 15.8 Å². The number of H-pyrrole nitrogens is 1. The molecule has 4 rings (SSSR count). The van der Waals surface area contributed by atoms with Gasteiger partial charge in [-0.25, -0.2) is 9.37 Å². The highest BCUT2D eigenvalue weighted by molar-refractivity contribution is 5.94. The third kappa shape index (κ3) is 3.41. The van der Waals surface area contributed by atoms with E-state index in [-0.39, 0.29) is 23.9 Å². The summed E-state index contributed by atoms with van der Waals surface area (Å²) in [4.78, 5) is 16.2. The molecule has 0 unspecified atom stereocenters. The minimum atomic E-state index is -0.456. The molecule has 4 N–H and O–H groups in total. The maximum atomic E-state index is 14.1.